The first-order valence-corrected chi connectivity index (χ1v) is 7.97. The van der Waals surface area contributed by atoms with Crippen molar-refractivity contribution in [2.75, 3.05) is 0 Å². The molecule has 3 N–H and O–H groups in total. The second-order valence-corrected chi connectivity index (χ2v) is 6.12. The average Bonchev–Trinajstić information content (AvgIpc) is 2.72. The molecule has 0 aromatic heterocycles. The Labute approximate surface area is 134 Å². The highest BCUT2D eigenvalue weighted by Gasteiger charge is 2.41. The number of aliphatic carboxylic acids is 2. The molecule has 0 unspecified atom stereocenters. The summed E-state index contributed by atoms with van der Waals surface area (Å²) in [5.41, 5.74) is 0. The summed E-state index contributed by atoms with van der Waals surface area (Å²) in [6.45, 7) is 0. The van der Waals surface area contributed by atoms with Gasteiger partial charge in [-0.1, -0.05) is 0 Å². The third kappa shape index (κ3) is 6.90. The molecule has 0 aliphatic heterocycles. The van der Waals surface area contributed by atoms with E-state index in [1.54, 1.807) is 0 Å². The lowest BCUT2D eigenvalue weighted by Crippen LogP contribution is -2.22. The van der Waals surface area contributed by atoms with Crippen molar-refractivity contribution in [3.8, 4) is 0 Å². The molecule has 0 heterocycles. The van der Waals surface area contributed by atoms with Crippen molar-refractivity contribution in [3.05, 3.63) is 0 Å². The second-order valence-electron chi connectivity index (χ2n) is 6.12. The molecule has 1 rings (SSSR count). The first-order chi connectivity index (χ1) is 10.8. The topological polar surface area (TPSA) is 129 Å². The van der Waals surface area contributed by atoms with Gasteiger partial charge in [0.05, 0.1) is 6.10 Å². The maximum Gasteiger partial charge on any atom is 0.303 e. The summed E-state index contributed by atoms with van der Waals surface area (Å²) in [4.78, 5) is 44.6. The zero-order chi connectivity index (χ0) is 17.4. The van der Waals surface area contributed by atoms with E-state index in [-0.39, 0.29) is 49.6 Å². The van der Waals surface area contributed by atoms with Gasteiger partial charge in [0.15, 0.2) is 0 Å². The molecule has 0 spiro atoms. The Balaban J connectivity index is 2.37. The van der Waals surface area contributed by atoms with Crippen LogP contribution in [-0.2, 0) is 19.2 Å². The fourth-order valence-corrected chi connectivity index (χ4v) is 3.11. The lowest BCUT2D eigenvalue weighted by Gasteiger charge is -2.20. The molecule has 0 radical (unpaired) electrons. The van der Waals surface area contributed by atoms with Crippen LogP contribution in [-0.4, -0.2) is 44.9 Å². The monoisotopic (exact) mass is 334 g/mol. The van der Waals surface area contributed by atoms with Crippen molar-refractivity contribution in [1.82, 2.24) is 0 Å². The number of hydrogen-bond acceptors (Lipinski definition) is 5. The Hall–Kier alpha value is -1.76. The van der Waals surface area contributed by atoms with E-state index in [0.29, 0.717) is 25.7 Å². The summed E-state index contributed by atoms with van der Waals surface area (Å²) < 4.78 is 0. The van der Waals surface area contributed by atoms with Gasteiger partial charge in [0.2, 0.25) is 0 Å². The largest absolute Gasteiger partial charge is 0.481 e. The molecule has 0 bridgehead atoms. The number of carbonyl (C=O) groups is 4. The Morgan fingerprint density at radius 2 is 1.52 bits per heavy atom. The first kappa shape index (κ1) is 19.3. The summed E-state index contributed by atoms with van der Waals surface area (Å²) in [7, 11) is 0. The van der Waals surface area contributed by atoms with Gasteiger partial charge in [0, 0.05) is 38.0 Å². The zero-order valence-electron chi connectivity index (χ0n) is 13.1. The van der Waals surface area contributed by atoms with Crippen molar-refractivity contribution >= 4 is 23.5 Å². The minimum atomic E-state index is -0.979. The van der Waals surface area contributed by atoms with Gasteiger partial charge >= 0.3 is 11.9 Å². The highest BCUT2D eigenvalue weighted by atomic mass is 16.5. The van der Waals surface area contributed by atoms with E-state index < -0.39 is 24.0 Å². The third-order valence-electron chi connectivity index (χ3n) is 4.36. The molecular formula is C16H24O7. The van der Waals surface area contributed by atoms with Crippen LogP contribution in [0.4, 0.5) is 0 Å². The third-order valence-corrected chi connectivity index (χ3v) is 4.36. The molecule has 7 heteroatoms. The van der Waals surface area contributed by atoms with Crippen molar-refractivity contribution in [1.29, 1.82) is 0 Å². The Bertz CT molecular complexity index is 457. The number of unbranched alkanes of at least 4 members (excludes halogenated alkanes) is 1. The molecule has 1 saturated carbocycles. The molecule has 1 fully saturated rings. The number of carboxylic acid groups (broad SMARTS) is 2. The van der Waals surface area contributed by atoms with Gasteiger partial charge in [-0.05, 0) is 31.6 Å². The van der Waals surface area contributed by atoms with Gasteiger partial charge in [-0.2, -0.15) is 0 Å². The van der Waals surface area contributed by atoms with Crippen LogP contribution in [0.15, 0.2) is 0 Å². The zero-order valence-corrected chi connectivity index (χ0v) is 13.1. The van der Waals surface area contributed by atoms with Crippen LogP contribution in [0.3, 0.4) is 0 Å². The highest BCUT2D eigenvalue weighted by Crippen LogP contribution is 2.35. The summed E-state index contributed by atoms with van der Waals surface area (Å²) in [5, 5.41) is 27.2. The van der Waals surface area contributed by atoms with Crippen LogP contribution < -0.4 is 0 Å². The Kier molecular flexibility index (Phi) is 7.88. The van der Waals surface area contributed by atoms with Crippen molar-refractivity contribution < 1.29 is 34.5 Å². The van der Waals surface area contributed by atoms with Crippen LogP contribution >= 0.6 is 0 Å². The SMILES string of the molecule is O=C(O)CC[C@H]1C(=O)C[C@@H](O)[C@@H]1CC[13C](=O)[13CH2][13CH2][13CH2][13CH2][13C](=O)O. The Morgan fingerprint density at radius 1 is 0.913 bits per heavy atom. The second kappa shape index (κ2) is 9.39. The van der Waals surface area contributed by atoms with Gasteiger partial charge in [-0.25, -0.2) is 0 Å². The fourth-order valence-electron chi connectivity index (χ4n) is 3.11. The summed E-state index contributed by atoms with van der Waals surface area (Å²) >= 11 is 0. The molecule has 0 amide bonds. The summed E-state index contributed by atoms with van der Waals surface area (Å²) in [6.07, 6.45) is 1.20. The lowest BCUT2D eigenvalue weighted by molar-refractivity contribution is -0.138. The maximum atomic E-state index is 11.8. The minimum absolute atomic E-state index is 0.0149. The minimum Gasteiger partial charge on any atom is -0.481 e. The summed E-state index contributed by atoms with van der Waals surface area (Å²) in [5.74, 6) is -2.85. The molecule has 1 aliphatic carbocycles. The van der Waals surface area contributed by atoms with Crippen LogP contribution in [0.1, 0.15) is 57.8 Å². The van der Waals surface area contributed by atoms with Gasteiger partial charge in [-0.15, -0.1) is 0 Å². The number of carbonyl (C=O) groups excluding carboxylic acids is 2. The van der Waals surface area contributed by atoms with E-state index in [0.717, 1.165) is 0 Å². The van der Waals surface area contributed by atoms with Crippen molar-refractivity contribution in [2.45, 2.75) is 63.9 Å². The van der Waals surface area contributed by atoms with Crippen molar-refractivity contribution in [3.63, 3.8) is 0 Å². The van der Waals surface area contributed by atoms with E-state index in [2.05, 4.69) is 0 Å². The average molecular weight is 334 g/mol. The predicted molar refractivity (Wildman–Crippen MR) is 79.8 cm³/mol. The Morgan fingerprint density at radius 3 is 2.13 bits per heavy atom. The van der Waals surface area contributed by atoms with E-state index in [9.17, 15) is 24.3 Å². The molecular weight excluding hydrogens is 310 g/mol. The smallest absolute Gasteiger partial charge is 0.303 e. The maximum absolute atomic E-state index is 11.8. The van der Waals surface area contributed by atoms with Gasteiger partial charge in [-0.3, -0.25) is 19.2 Å². The molecule has 130 valence electrons. The van der Waals surface area contributed by atoms with Crippen LogP contribution in [0.25, 0.3) is 0 Å². The molecule has 7 nitrogen and oxygen atoms in total. The number of rotatable bonds is 11. The number of Topliss-reactive ketones (excluding diaryl/α,β-unsaturated/α-hetero) is 2. The number of carboxylic acids is 2. The van der Waals surface area contributed by atoms with Crippen LogP contribution in [0, 0.1) is 11.8 Å². The van der Waals surface area contributed by atoms with Crippen molar-refractivity contribution in [2.24, 2.45) is 11.8 Å². The van der Waals surface area contributed by atoms with E-state index >= 15 is 0 Å². The normalized spacial score (nSPS) is 23.9. The number of hydrogen-bond donors (Lipinski definition) is 3. The fraction of sp³-hybridized carbons (Fsp3) is 0.750. The molecule has 3 atom stereocenters. The van der Waals surface area contributed by atoms with Gasteiger partial charge < -0.3 is 15.3 Å². The number of ketones is 2. The van der Waals surface area contributed by atoms with Gasteiger partial charge in [0.25, 0.3) is 0 Å². The van der Waals surface area contributed by atoms with Crippen LogP contribution in [0.2, 0.25) is 0 Å². The van der Waals surface area contributed by atoms with Crippen LogP contribution in [0.5, 0.6) is 0 Å². The highest BCUT2D eigenvalue weighted by molar-refractivity contribution is 5.85. The first-order valence-electron chi connectivity index (χ1n) is 7.97. The molecule has 0 aromatic rings. The molecule has 23 heavy (non-hydrogen) atoms. The van der Waals surface area contributed by atoms with E-state index in [1.807, 2.05) is 0 Å². The molecule has 1 aliphatic rings. The molecule has 0 saturated heterocycles. The standard InChI is InChI=1S/C16H24O7/c17-10(3-1-2-4-15(20)21)5-6-11-12(7-8-16(22)23)14(19)9-13(11)18/h11-13,18H,1-9H2,(H,20,21)(H,22,23)/t11-,12-,13-/m1/s1/i1+1,2+1,3+1,4+1,10+1,15+1. The lowest BCUT2D eigenvalue weighted by atomic mass is 9.87. The van der Waals surface area contributed by atoms with E-state index in [4.69, 9.17) is 10.2 Å². The quantitative estimate of drug-likeness (QED) is 0.385. The van der Waals surface area contributed by atoms with E-state index in [1.165, 1.54) is 0 Å². The number of aliphatic hydroxyl groups is 1. The number of aliphatic hydroxyl groups excluding tert-OH is 1. The summed E-state index contributed by atoms with van der Waals surface area (Å²) in [6, 6.07) is 0. The predicted octanol–water partition coefficient (Wildman–Crippen LogP) is 1.41. The van der Waals surface area contributed by atoms with Gasteiger partial charge in [0.1, 0.15) is 11.6 Å². The molecule has 0 aromatic carbocycles.